The highest BCUT2D eigenvalue weighted by Crippen LogP contribution is 2.23. The molecule has 0 spiro atoms. The van der Waals surface area contributed by atoms with Crippen molar-refractivity contribution in [3.8, 4) is 0 Å². The fourth-order valence-corrected chi connectivity index (χ4v) is 0.470. The topological polar surface area (TPSA) is 17.1 Å². The summed E-state index contributed by atoms with van der Waals surface area (Å²) in [6, 6.07) is 0. The van der Waals surface area contributed by atoms with Gasteiger partial charge in [-0.1, -0.05) is 20.8 Å². The molecule has 0 rings (SSSR count). The zero-order chi connectivity index (χ0) is 8.36. The molecule has 1 nitrogen and oxygen atoms in total. The Morgan fingerprint density at radius 1 is 1.50 bits per heavy atom. The van der Waals surface area contributed by atoms with Crippen molar-refractivity contribution >= 4 is 5.78 Å². The Morgan fingerprint density at radius 2 is 1.90 bits per heavy atom. The maximum Gasteiger partial charge on any atom is 0.296 e. The van der Waals surface area contributed by atoms with E-state index < -0.39 is 17.6 Å². The number of hydrogen-bond donors (Lipinski definition) is 0. The molecule has 0 atom stereocenters. The minimum atomic E-state index is -2.82. The molecule has 60 valence electrons. The van der Waals surface area contributed by atoms with Crippen molar-refractivity contribution in [1.82, 2.24) is 0 Å². The first kappa shape index (κ1) is 9.53. The second-order valence-electron chi connectivity index (χ2n) is 2.90. The molecule has 0 fully saturated rings. The molecule has 0 aromatic heterocycles. The lowest BCUT2D eigenvalue weighted by molar-refractivity contribution is -0.138. The van der Waals surface area contributed by atoms with Crippen LogP contribution in [-0.4, -0.2) is 12.2 Å². The van der Waals surface area contributed by atoms with Crippen LogP contribution in [0, 0.1) is 5.41 Å². The van der Waals surface area contributed by atoms with Gasteiger partial charge in [-0.3, -0.25) is 4.79 Å². The Hall–Kier alpha value is -0.470. The van der Waals surface area contributed by atoms with Crippen LogP contribution in [0.2, 0.25) is 0 Å². The standard InChI is InChI=1S/C7H12F2O/c1-4-7(2,3)5(10)6(8)9/h6H,4H2,1-3H3. The third-order valence-corrected chi connectivity index (χ3v) is 1.75. The predicted octanol–water partition coefficient (Wildman–Crippen LogP) is 2.26. The van der Waals surface area contributed by atoms with Crippen LogP contribution in [-0.2, 0) is 4.79 Å². The Kier molecular flexibility index (Phi) is 2.94. The van der Waals surface area contributed by atoms with Crippen molar-refractivity contribution in [3.05, 3.63) is 0 Å². The van der Waals surface area contributed by atoms with Gasteiger partial charge >= 0.3 is 0 Å². The van der Waals surface area contributed by atoms with Gasteiger partial charge in [0.15, 0.2) is 0 Å². The van der Waals surface area contributed by atoms with Gasteiger partial charge in [0.1, 0.15) is 0 Å². The Balaban J connectivity index is 4.19. The quantitative estimate of drug-likeness (QED) is 0.603. The highest BCUT2D eigenvalue weighted by Gasteiger charge is 2.31. The zero-order valence-electron chi connectivity index (χ0n) is 6.45. The van der Waals surface area contributed by atoms with Crippen LogP contribution in [0.1, 0.15) is 27.2 Å². The lowest BCUT2D eigenvalue weighted by Gasteiger charge is -2.19. The summed E-state index contributed by atoms with van der Waals surface area (Å²) >= 11 is 0. The molecule has 0 aliphatic rings. The van der Waals surface area contributed by atoms with Crippen molar-refractivity contribution in [2.24, 2.45) is 5.41 Å². The number of Topliss-reactive ketones (excluding diaryl/α,β-unsaturated/α-hetero) is 1. The molecule has 0 N–H and O–H groups in total. The minimum Gasteiger partial charge on any atom is -0.293 e. The van der Waals surface area contributed by atoms with E-state index in [1.165, 1.54) is 13.8 Å². The number of alkyl halides is 2. The van der Waals surface area contributed by atoms with Gasteiger partial charge in [0.25, 0.3) is 6.43 Å². The molecule has 0 saturated heterocycles. The summed E-state index contributed by atoms with van der Waals surface area (Å²) in [5, 5.41) is 0. The number of rotatable bonds is 3. The summed E-state index contributed by atoms with van der Waals surface area (Å²) in [5.41, 5.74) is -0.867. The van der Waals surface area contributed by atoms with E-state index in [0.717, 1.165) is 0 Å². The molecule has 10 heavy (non-hydrogen) atoms. The highest BCUT2D eigenvalue weighted by molar-refractivity contribution is 5.86. The molecule has 0 radical (unpaired) electrons. The first-order valence-electron chi connectivity index (χ1n) is 3.24. The number of carbonyl (C=O) groups is 1. The van der Waals surface area contributed by atoms with E-state index >= 15 is 0 Å². The summed E-state index contributed by atoms with van der Waals surface area (Å²) in [6.45, 7) is 4.78. The second kappa shape index (κ2) is 3.08. The van der Waals surface area contributed by atoms with E-state index in [9.17, 15) is 13.6 Å². The lowest BCUT2D eigenvalue weighted by Crippen LogP contribution is -2.29. The fraction of sp³-hybridized carbons (Fsp3) is 0.857. The molecular weight excluding hydrogens is 138 g/mol. The molecule has 0 heterocycles. The van der Waals surface area contributed by atoms with Gasteiger partial charge in [0.05, 0.1) is 0 Å². The van der Waals surface area contributed by atoms with E-state index in [1.54, 1.807) is 6.92 Å². The highest BCUT2D eigenvalue weighted by atomic mass is 19.3. The van der Waals surface area contributed by atoms with Gasteiger partial charge in [0.2, 0.25) is 5.78 Å². The monoisotopic (exact) mass is 150 g/mol. The molecule has 0 aliphatic carbocycles. The van der Waals surface area contributed by atoms with Crippen LogP contribution in [0.15, 0.2) is 0 Å². The van der Waals surface area contributed by atoms with Gasteiger partial charge < -0.3 is 0 Å². The van der Waals surface area contributed by atoms with Crippen LogP contribution >= 0.6 is 0 Å². The molecule has 0 aliphatic heterocycles. The summed E-state index contributed by atoms with van der Waals surface area (Å²) in [7, 11) is 0. The molecule has 0 aromatic carbocycles. The maximum absolute atomic E-state index is 11.8. The van der Waals surface area contributed by atoms with Crippen LogP contribution in [0.25, 0.3) is 0 Å². The van der Waals surface area contributed by atoms with E-state index in [1.807, 2.05) is 0 Å². The molecule has 0 unspecified atom stereocenters. The van der Waals surface area contributed by atoms with Crippen LogP contribution in [0.4, 0.5) is 8.78 Å². The zero-order valence-corrected chi connectivity index (χ0v) is 6.45. The van der Waals surface area contributed by atoms with Crippen LogP contribution in [0.3, 0.4) is 0 Å². The van der Waals surface area contributed by atoms with E-state index in [4.69, 9.17) is 0 Å². The van der Waals surface area contributed by atoms with Crippen molar-refractivity contribution in [1.29, 1.82) is 0 Å². The number of carbonyl (C=O) groups excluding carboxylic acids is 1. The fourth-order valence-electron chi connectivity index (χ4n) is 0.470. The molecular formula is C7H12F2O. The van der Waals surface area contributed by atoms with Crippen LogP contribution in [0.5, 0.6) is 0 Å². The average molecular weight is 150 g/mol. The smallest absolute Gasteiger partial charge is 0.293 e. The number of hydrogen-bond acceptors (Lipinski definition) is 1. The molecule has 0 aromatic rings. The van der Waals surface area contributed by atoms with Crippen molar-refractivity contribution in [3.63, 3.8) is 0 Å². The van der Waals surface area contributed by atoms with Gasteiger partial charge in [0, 0.05) is 5.41 Å². The first-order valence-corrected chi connectivity index (χ1v) is 3.24. The van der Waals surface area contributed by atoms with Crippen molar-refractivity contribution in [2.45, 2.75) is 33.6 Å². The van der Waals surface area contributed by atoms with Gasteiger partial charge in [-0.25, -0.2) is 8.78 Å². The van der Waals surface area contributed by atoms with E-state index in [0.29, 0.717) is 6.42 Å². The molecule has 0 amide bonds. The normalized spacial score (nSPS) is 12.2. The maximum atomic E-state index is 11.8. The Morgan fingerprint density at radius 3 is 2.00 bits per heavy atom. The molecule has 0 saturated carbocycles. The van der Waals surface area contributed by atoms with E-state index in [2.05, 4.69) is 0 Å². The van der Waals surface area contributed by atoms with Gasteiger partial charge in [-0.15, -0.1) is 0 Å². The lowest BCUT2D eigenvalue weighted by atomic mass is 9.85. The minimum absolute atomic E-state index is 0.455. The van der Waals surface area contributed by atoms with Crippen molar-refractivity contribution < 1.29 is 13.6 Å². The predicted molar refractivity (Wildman–Crippen MR) is 35.1 cm³/mol. The third kappa shape index (κ3) is 2.05. The largest absolute Gasteiger partial charge is 0.296 e. The summed E-state index contributed by atoms with van der Waals surface area (Å²) in [4.78, 5) is 10.6. The third-order valence-electron chi connectivity index (χ3n) is 1.75. The first-order chi connectivity index (χ1) is 4.41. The average Bonchev–Trinajstić information content (AvgIpc) is 1.86. The molecule has 3 heteroatoms. The van der Waals surface area contributed by atoms with Gasteiger partial charge in [-0.2, -0.15) is 0 Å². The summed E-state index contributed by atoms with van der Waals surface area (Å²) in [6.07, 6.45) is -2.37. The SMILES string of the molecule is CCC(C)(C)C(=O)C(F)F. The summed E-state index contributed by atoms with van der Waals surface area (Å²) in [5.74, 6) is -0.963. The second-order valence-corrected chi connectivity index (χ2v) is 2.90. The van der Waals surface area contributed by atoms with Gasteiger partial charge in [-0.05, 0) is 6.42 Å². The molecule has 0 bridgehead atoms. The van der Waals surface area contributed by atoms with Crippen LogP contribution < -0.4 is 0 Å². The Bertz CT molecular complexity index is 130. The van der Waals surface area contributed by atoms with Crippen molar-refractivity contribution in [2.75, 3.05) is 0 Å². The van der Waals surface area contributed by atoms with E-state index in [-0.39, 0.29) is 0 Å². The number of ketones is 1. The number of halogens is 2. The summed E-state index contributed by atoms with van der Waals surface area (Å²) < 4.78 is 23.5. The Labute approximate surface area is 59.4 Å².